The molecule has 6 heteroatoms. The third-order valence-electron chi connectivity index (χ3n) is 3.30. The number of imide groups is 1. The first-order valence-electron chi connectivity index (χ1n) is 8.30. The highest BCUT2D eigenvalue weighted by Gasteiger charge is 2.42. The van der Waals surface area contributed by atoms with Crippen LogP contribution < -0.4 is 0 Å². The van der Waals surface area contributed by atoms with Crippen LogP contribution in [0.5, 0.6) is 0 Å². The molecule has 146 valence electrons. The van der Waals surface area contributed by atoms with E-state index in [0.717, 1.165) is 4.90 Å². The molecule has 0 aliphatic carbocycles. The molecule has 0 N–H and O–H groups in total. The zero-order valence-corrected chi connectivity index (χ0v) is 20.1. The summed E-state index contributed by atoms with van der Waals surface area (Å²) in [5.74, 6) is 41.2. The predicted octanol–water partition coefficient (Wildman–Crippen LogP) is 2.92. The fraction of sp³-hybridized carbons (Fsp3) is 0.0769. The Bertz CT molecular complexity index is 1520. The molecule has 1 aromatic heterocycles. The van der Waals surface area contributed by atoms with Gasteiger partial charge < -0.3 is 0 Å². The second-order valence-corrected chi connectivity index (χ2v) is 8.88. The quantitative estimate of drug-likeness (QED) is 0.395. The van der Waals surface area contributed by atoms with Crippen molar-refractivity contribution >= 4 is 55.0 Å². The molecule has 1 unspecified atom stereocenters. The van der Waals surface area contributed by atoms with E-state index in [1.165, 1.54) is 11.3 Å². The summed E-state index contributed by atoms with van der Waals surface area (Å²) in [6.45, 7) is 1.65. The minimum absolute atomic E-state index is 0.354. The highest BCUT2D eigenvalue weighted by atomic mass is 79.9. The standard InChI is InChI=1S/C26H5Br2NO2S/c1-3-4-5-6-7-8-9-10-11-12-13-14-15-16-17-18-19-20(2)29-25(30)21-22(26(29)31)24(28)32-23(21)27/h1,20H,2H3. The molecule has 0 fully saturated rings. The Hall–Kier alpha value is -4.16. The van der Waals surface area contributed by atoms with E-state index >= 15 is 0 Å². The number of halogens is 2. The Balaban J connectivity index is 1.93. The third kappa shape index (κ3) is 6.42. The van der Waals surface area contributed by atoms with Crippen molar-refractivity contribution in [3.63, 3.8) is 0 Å². The molecule has 32 heavy (non-hydrogen) atoms. The van der Waals surface area contributed by atoms with Crippen LogP contribution in [0.25, 0.3) is 0 Å². The second kappa shape index (κ2) is 12.5. The van der Waals surface area contributed by atoms with E-state index < -0.39 is 6.04 Å². The summed E-state index contributed by atoms with van der Waals surface area (Å²) in [6.07, 6.45) is 4.93. The molecule has 0 spiro atoms. The number of nitrogens with zero attached hydrogens (tertiary/aromatic N) is 1. The maximum absolute atomic E-state index is 12.5. The van der Waals surface area contributed by atoms with Crippen LogP contribution in [0.15, 0.2) is 7.57 Å². The van der Waals surface area contributed by atoms with Gasteiger partial charge in [0.15, 0.2) is 0 Å². The zero-order valence-electron chi connectivity index (χ0n) is 16.1. The summed E-state index contributed by atoms with van der Waals surface area (Å²) >= 11 is 7.91. The Morgan fingerprint density at radius 3 is 1.41 bits per heavy atom. The second-order valence-electron chi connectivity index (χ2n) is 5.22. The number of terminal acetylenes is 1. The molecule has 0 aromatic carbocycles. The molecule has 0 bridgehead atoms. The highest BCUT2D eigenvalue weighted by molar-refractivity contribution is 9.12. The summed E-state index contributed by atoms with van der Waals surface area (Å²) in [5.41, 5.74) is 0.708. The third-order valence-corrected chi connectivity index (χ3v) is 5.83. The van der Waals surface area contributed by atoms with Crippen LogP contribution >= 0.6 is 43.2 Å². The molecule has 3 nitrogen and oxygen atoms in total. The van der Waals surface area contributed by atoms with Crippen molar-refractivity contribution in [3.05, 3.63) is 18.7 Å². The van der Waals surface area contributed by atoms with E-state index in [2.05, 4.69) is 133 Å². The van der Waals surface area contributed by atoms with Crippen LogP contribution in [0.3, 0.4) is 0 Å². The number of carbonyl (C=O) groups excluding carboxylic acids is 2. The number of thiophene rings is 1. The van der Waals surface area contributed by atoms with Gasteiger partial charge >= 0.3 is 0 Å². The molecule has 1 aromatic rings. The zero-order chi connectivity index (χ0) is 23.3. The maximum Gasteiger partial charge on any atom is 0.264 e. The Morgan fingerprint density at radius 1 is 0.688 bits per heavy atom. The minimum Gasteiger partial charge on any atom is -0.268 e. The number of hydrogen-bond donors (Lipinski definition) is 0. The first-order chi connectivity index (χ1) is 15.5. The van der Waals surface area contributed by atoms with Gasteiger partial charge in [0.1, 0.15) is 0 Å². The lowest BCUT2D eigenvalue weighted by molar-refractivity contribution is 0.0629. The highest BCUT2D eigenvalue weighted by Crippen LogP contribution is 2.42. The van der Waals surface area contributed by atoms with Crippen LogP contribution in [-0.4, -0.2) is 22.8 Å². The van der Waals surface area contributed by atoms with Crippen molar-refractivity contribution in [2.24, 2.45) is 0 Å². The number of fused-ring (bicyclic) bond motifs is 1. The van der Waals surface area contributed by atoms with E-state index in [1.807, 2.05) is 0 Å². The molecule has 1 aliphatic rings. The van der Waals surface area contributed by atoms with Crippen molar-refractivity contribution in [1.82, 2.24) is 4.90 Å². The lowest BCUT2D eigenvalue weighted by Gasteiger charge is -2.17. The molecular weight excluding hydrogens is 550 g/mol. The van der Waals surface area contributed by atoms with Crippen molar-refractivity contribution < 1.29 is 9.59 Å². The van der Waals surface area contributed by atoms with Gasteiger partial charge in [-0.15, -0.1) is 17.8 Å². The number of amides is 2. The van der Waals surface area contributed by atoms with E-state index in [0.29, 0.717) is 18.7 Å². The Morgan fingerprint density at radius 2 is 1.03 bits per heavy atom. The van der Waals surface area contributed by atoms with Crippen LogP contribution in [0.1, 0.15) is 27.6 Å². The number of carbonyl (C=O) groups is 2. The van der Waals surface area contributed by atoms with Gasteiger partial charge in [-0.2, -0.15) is 0 Å². The summed E-state index contributed by atoms with van der Waals surface area (Å²) in [7, 11) is 0. The van der Waals surface area contributed by atoms with Crippen molar-refractivity contribution in [2.75, 3.05) is 0 Å². The van der Waals surface area contributed by atoms with Crippen LogP contribution in [0.4, 0.5) is 0 Å². The van der Waals surface area contributed by atoms with Gasteiger partial charge in [0.05, 0.1) is 24.7 Å². The van der Waals surface area contributed by atoms with E-state index in [9.17, 15) is 9.59 Å². The molecule has 0 saturated carbocycles. The molecule has 2 amide bonds. The van der Waals surface area contributed by atoms with Crippen molar-refractivity contribution in [1.29, 1.82) is 0 Å². The van der Waals surface area contributed by atoms with Gasteiger partial charge in [-0.05, 0) is 134 Å². The lowest BCUT2D eigenvalue weighted by atomic mass is 10.2. The molecule has 2 heterocycles. The first kappa shape index (κ1) is 24.1. The van der Waals surface area contributed by atoms with Gasteiger partial charge in [-0.3, -0.25) is 14.5 Å². The topological polar surface area (TPSA) is 37.4 Å². The number of rotatable bonds is 1. The van der Waals surface area contributed by atoms with Gasteiger partial charge in [0, 0.05) is 0 Å². The largest absolute Gasteiger partial charge is 0.268 e. The Kier molecular flexibility index (Phi) is 9.43. The Labute approximate surface area is 207 Å². The van der Waals surface area contributed by atoms with Crippen molar-refractivity contribution in [2.45, 2.75) is 13.0 Å². The minimum atomic E-state index is -0.640. The van der Waals surface area contributed by atoms with Gasteiger partial charge in [-0.1, -0.05) is 5.92 Å². The SMILES string of the molecule is C#CC#CC#CC#CC#CC#CC#CC#CC#CC(C)N1C(=O)c2c(Br)sc(Br)c2C1=O. The molecular formula is C26H5Br2NO2S. The van der Waals surface area contributed by atoms with E-state index in [1.54, 1.807) is 6.92 Å². The normalized spacial score (nSPS) is 10.1. The number of hydrogen-bond acceptors (Lipinski definition) is 3. The van der Waals surface area contributed by atoms with Crippen molar-refractivity contribution in [3.8, 4) is 107 Å². The molecule has 1 atom stereocenters. The predicted molar refractivity (Wildman–Crippen MR) is 131 cm³/mol. The van der Waals surface area contributed by atoms with Crippen LogP contribution in [0, 0.1) is 107 Å². The average Bonchev–Trinajstić information content (AvgIpc) is 3.21. The average molecular weight is 555 g/mol. The molecule has 2 rings (SSSR count). The van der Waals surface area contributed by atoms with Crippen LogP contribution in [-0.2, 0) is 0 Å². The molecule has 0 saturated heterocycles. The lowest BCUT2D eigenvalue weighted by Crippen LogP contribution is -2.37. The summed E-state index contributed by atoms with van der Waals surface area (Å²) in [4.78, 5) is 26.2. The summed E-state index contributed by atoms with van der Waals surface area (Å²) in [6, 6.07) is -0.640. The first-order valence-corrected chi connectivity index (χ1v) is 10.7. The smallest absolute Gasteiger partial charge is 0.264 e. The summed E-state index contributed by atoms with van der Waals surface area (Å²) < 4.78 is 1.21. The maximum atomic E-state index is 12.5. The monoisotopic (exact) mass is 553 g/mol. The summed E-state index contributed by atoms with van der Waals surface area (Å²) in [5, 5.41) is 0. The van der Waals surface area contributed by atoms with Gasteiger partial charge in [0.2, 0.25) is 0 Å². The van der Waals surface area contributed by atoms with Gasteiger partial charge in [-0.25, -0.2) is 0 Å². The fourth-order valence-corrected chi connectivity index (χ4v) is 5.19. The molecule has 0 radical (unpaired) electrons. The molecule has 1 aliphatic heterocycles. The fourth-order valence-electron chi connectivity index (χ4n) is 2.09. The van der Waals surface area contributed by atoms with E-state index in [-0.39, 0.29) is 11.8 Å². The van der Waals surface area contributed by atoms with Gasteiger partial charge in [0.25, 0.3) is 11.8 Å². The van der Waals surface area contributed by atoms with E-state index in [4.69, 9.17) is 6.42 Å². The van der Waals surface area contributed by atoms with Crippen LogP contribution in [0.2, 0.25) is 0 Å².